The lowest BCUT2D eigenvalue weighted by Gasteiger charge is -2.22. The number of rotatable bonds is 4. The molecule has 6 nitrogen and oxygen atoms in total. The fraction of sp³-hybridized carbons (Fsp3) is 0.171. The van der Waals surface area contributed by atoms with Crippen molar-refractivity contribution >= 4 is 27.5 Å². The molecule has 0 fully saturated rings. The van der Waals surface area contributed by atoms with Crippen LogP contribution in [0.1, 0.15) is 37.5 Å². The van der Waals surface area contributed by atoms with Gasteiger partial charge in [0.1, 0.15) is 22.8 Å². The number of hydrogen-bond donors (Lipinski definition) is 0. The molecule has 0 radical (unpaired) electrons. The summed E-state index contributed by atoms with van der Waals surface area (Å²) in [5.74, 6) is 1.48. The third-order valence-corrected chi connectivity index (χ3v) is 7.74. The number of fused-ring (bicyclic) bond motifs is 6. The fourth-order valence-corrected chi connectivity index (χ4v) is 5.71. The first kappa shape index (κ1) is 25.0. The molecule has 202 valence electrons. The first-order chi connectivity index (χ1) is 19.8. The molecule has 0 amide bonds. The van der Waals surface area contributed by atoms with E-state index in [9.17, 15) is 0 Å². The predicted molar refractivity (Wildman–Crippen MR) is 165 cm³/mol. The molecular formula is C35H31N5O. The molecule has 0 N–H and O–H groups in total. The van der Waals surface area contributed by atoms with Crippen molar-refractivity contribution in [3.8, 4) is 28.4 Å². The van der Waals surface area contributed by atoms with Gasteiger partial charge in [0.15, 0.2) is 0 Å². The van der Waals surface area contributed by atoms with Gasteiger partial charge in [-0.1, -0.05) is 39.0 Å². The Kier molecular flexibility index (Phi) is 5.68. The maximum absolute atomic E-state index is 6.37. The Labute approximate surface area is 238 Å². The van der Waals surface area contributed by atoms with Gasteiger partial charge in [0.05, 0.1) is 11.4 Å². The maximum Gasteiger partial charge on any atom is 0.146 e. The van der Waals surface area contributed by atoms with Gasteiger partial charge in [0.2, 0.25) is 0 Å². The van der Waals surface area contributed by atoms with E-state index in [2.05, 4.69) is 81.0 Å². The molecule has 41 heavy (non-hydrogen) atoms. The van der Waals surface area contributed by atoms with Gasteiger partial charge in [-0.3, -0.25) is 4.40 Å². The molecule has 0 aliphatic rings. The lowest BCUT2D eigenvalue weighted by atomic mass is 9.83. The summed E-state index contributed by atoms with van der Waals surface area (Å²) in [7, 11) is 0. The Morgan fingerprint density at radius 1 is 0.683 bits per heavy atom. The second-order valence-corrected chi connectivity index (χ2v) is 11.7. The van der Waals surface area contributed by atoms with Crippen molar-refractivity contribution < 1.29 is 4.74 Å². The van der Waals surface area contributed by atoms with Gasteiger partial charge in [0, 0.05) is 47.2 Å². The van der Waals surface area contributed by atoms with Crippen molar-refractivity contribution in [3.63, 3.8) is 0 Å². The third-order valence-electron chi connectivity index (χ3n) is 7.74. The molecule has 7 aromatic rings. The molecule has 4 heterocycles. The number of hydrogen-bond acceptors (Lipinski definition) is 4. The molecule has 4 aromatic heterocycles. The van der Waals surface area contributed by atoms with E-state index < -0.39 is 0 Å². The second-order valence-electron chi connectivity index (χ2n) is 11.7. The van der Waals surface area contributed by atoms with E-state index in [-0.39, 0.29) is 5.41 Å². The van der Waals surface area contributed by atoms with Crippen LogP contribution in [0.3, 0.4) is 0 Å². The molecule has 0 saturated heterocycles. The quantitative estimate of drug-likeness (QED) is 0.211. The van der Waals surface area contributed by atoms with Crippen LogP contribution < -0.4 is 4.74 Å². The summed E-state index contributed by atoms with van der Waals surface area (Å²) < 4.78 is 10.3. The summed E-state index contributed by atoms with van der Waals surface area (Å²) in [5.41, 5.74) is 8.76. The summed E-state index contributed by atoms with van der Waals surface area (Å²) in [6, 6.07) is 24.9. The van der Waals surface area contributed by atoms with Crippen LogP contribution in [-0.2, 0) is 5.41 Å². The average molecular weight is 538 g/mol. The highest BCUT2D eigenvalue weighted by atomic mass is 16.5. The number of ether oxygens (including phenoxy) is 1. The van der Waals surface area contributed by atoms with Crippen molar-refractivity contribution in [1.29, 1.82) is 0 Å². The minimum Gasteiger partial charge on any atom is -0.457 e. The maximum atomic E-state index is 6.37. The number of nitrogens with zero attached hydrogens (tertiary/aromatic N) is 5. The Morgan fingerprint density at radius 2 is 1.44 bits per heavy atom. The third kappa shape index (κ3) is 4.32. The average Bonchev–Trinajstić information content (AvgIpc) is 3.64. The highest BCUT2D eigenvalue weighted by Gasteiger charge is 2.18. The topological polar surface area (TPSA) is 57.2 Å². The number of pyridine rings is 2. The minimum atomic E-state index is 0.106. The van der Waals surface area contributed by atoms with Crippen LogP contribution in [0.2, 0.25) is 0 Å². The molecule has 0 spiro atoms. The van der Waals surface area contributed by atoms with E-state index in [4.69, 9.17) is 9.84 Å². The van der Waals surface area contributed by atoms with Gasteiger partial charge in [-0.05, 0) is 89.9 Å². The van der Waals surface area contributed by atoms with Crippen LogP contribution in [0.25, 0.3) is 44.4 Å². The van der Waals surface area contributed by atoms with E-state index in [0.29, 0.717) is 0 Å². The van der Waals surface area contributed by atoms with Crippen molar-refractivity contribution in [2.24, 2.45) is 0 Å². The monoisotopic (exact) mass is 537 g/mol. The van der Waals surface area contributed by atoms with Gasteiger partial charge in [-0.15, -0.1) is 0 Å². The standard InChI is InChI=1S/C35H31N5O/c1-22-18-24(35(3,4)5)19-23(2)32(22)31-13-16-40(38-31)25-8-6-9-26(20-25)41-27-11-12-28-29-10-7-14-36-33(29)39-17-15-37-34(39)30(28)21-27/h6-21H,1-5H3. The summed E-state index contributed by atoms with van der Waals surface area (Å²) >= 11 is 0. The van der Waals surface area contributed by atoms with E-state index >= 15 is 0 Å². The van der Waals surface area contributed by atoms with E-state index in [1.54, 1.807) is 6.20 Å². The van der Waals surface area contributed by atoms with E-state index in [0.717, 1.165) is 50.3 Å². The molecule has 0 saturated carbocycles. The van der Waals surface area contributed by atoms with Crippen LogP contribution in [0.15, 0.2) is 97.6 Å². The molecule has 0 unspecified atom stereocenters. The van der Waals surface area contributed by atoms with Crippen molar-refractivity contribution in [1.82, 2.24) is 24.1 Å². The smallest absolute Gasteiger partial charge is 0.146 e. The zero-order chi connectivity index (χ0) is 28.3. The summed E-state index contributed by atoms with van der Waals surface area (Å²) in [5, 5.41) is 8.15. The Bertz CT molecular complexity index is 2070. The first-order valence-corrected chi connectivity index (χ1v) is 13.9. The second kappa shape index (κ2) is 9.30. The lowest BCUT2D eigenvalue weighted by Crippen LogP contribution is -2.12. The SMILES string of the molecule is Cc1cc(C(C)(C)C)cc(C)c1-c1ccn(-c2cccc(Oc3ccc4c5cccnc5n5ccnc5c4c3)c2)n1. The largest absolute Gasteiger partial charge is 0.457 e. The Hall–Kier alpha value is -4.97. The van der Waals surface area contributed by atoms with Crippen LogP contribution in [0.5, 0.6) is 11.5 Å². The van der Waals surface area contributed by atoms with Crippen LogP contribution in [-0.4, -0.2) is 24.1 Å². The molecule has 3 aromatic carbocycles. The number of imidazole rings is 1. The molecule has 6 heteroatoms. The van der Waals surface area contributed by atoms with Crippen molar-refractivity contribution in [3.05, 3.63) is 114 Å². The molecule has 0 aliphatic heterocycles. The Balaban J connectivity index is 1.22. The highest BCUT2D eigenvalue weighted by Crippen LogP contribution is 2.34. The molecular weight excluding hydrogens is 506 g/mol. The van der Waals surface area contributed by atoms with Crippen molar-refractivity contribution in [2.45, 2.75) is 40.0 Å². The van der Waals surface area contributed by atoms with Gasteiger partial charge in [-0.25, -0.2) is 14.6 Å². The lowest BCUT2D eigenvalue weighted by molar-refractivity contribution is 0.483. The minimum absolute atomic E-state index is 0.106. The summed E-state index contributed by atoms with van der Waals surface area (Å²) in [6.45, 7) is 11.1. The number of aryl methyl sites for hydroxylation is 2. The first-order valence-electron chi connectivity index (χ1n) is 13.9. The number of aromatic nitrogens is 5. The van der Waals surface area contributed by atoms with Crippen LogP contribution in [0, 0.1) is 13.8 Å². The predicted octanol–water partition coefficient (Wildman–Crippen LogP) is 8.60. The normalized spacial score (nSPS) is 12.0. The van der Waals surface area contributed by atoms with Gasteiger partial charge in [0.25, 0.3) is 0 Å². The van der Waals surface area contributed by atoms with E-state index in [1.807, 2.05) is 64.1 Å². The van der Waals surface area contributed by atoms with Gasteiger partial charge in [-0.2, -0.15) is 5.10 Å². The molecule has 0 atom stereocenters. The highest BCUT2D eigenvalue weighted by molar-refractivity contribution is 6.11. The van der Waals surface area contributed by atoms with Gasteiger partial charge >= 0.3 is 0 Å². The van der Waals surface area contributed by atoms with Crippen LogP contribution in [0.4, 0.5) is 0 Å². The molecule has 0 aliphatic carbocycles. The number of benzene rings is 3. The Morgan fingerprint density at radius 3 is 2.24 bits per heavy atom. The molecule has 7 rings (SSSR count). The van der Waals surface area contributed by atoms with Gasteiger partial charge < -0.3 is 4.74 Å². The zero-order valence-electron chi connectivity index (χ0n) is 23.9. The zero-order valence-corrected chi connectivity index (χ0v) is 23.9. The summed E-state index contributed by atoms with van der Waals surface area (Å²) in [6.07, 6.45) is 7.57. The fourth-order valence-electron chi connectivity index (χ4n) is 5.71. The van der Waals surface area contributed by atoms with Crippen LogP contribution >= 0.6 is 0 Å². The van der Waals surface area contributed by atoms with Crippen molar-refractivity contribution in [2.75, 3.05) is 0 Å². The van der Waals surface area contributed by atoms with E-state index in [1.165, 1.54) is 22.3 Å². The summed E-state index contributed by atoms with van der Waals surface area (Å²) in [4.78, 5) is 9.20. The molecule has 0 bridgehead atoms.